The van der Waals surface area contributed by atoms with Crippen LogP contribution in [0.3, 0.4) is 0 Å². The fourth-order valence-electron chi connectivity index (χ4n) is 2.17. The van der Waals surface area contributed by atoms with E-state index in [1.807, 2.05) is 7.05 Å². The van der Waals surface area contributed by atoms with Gasteiger partial charge in [0.1, 0.15) is 5.69 Å². The summed E-state index contributed by atoms with van der Waals surface area (Å²) in [6.07, 6.45) is 0.938. The molecule has 0 aliphatic heterocycles. The number of aromatic nitrogens is 2. The Hall–Kier alpha value is -1.13. The summed E-state index contributed by atoms with van der Waals surface area (Å²) in [6, 6.07) is 4.44. The predicted octanol–water partition coefficient (Wildman–Crippen LogP) is 3.53. The van der Waals surface area contributed by atoms with Crippen molar-refractivity contribution < 1.29 is 0 Å². The van der Waals surface area contributed by atoms with E-state index in [-0.39, 0.29) is 0 Å². The second-order valence-corrected chi connectivity index (χ2v) is 5.76. The van der Waals surface area contributed by atoms with Gasteiger partial charge < -0.3 is 5.32 Å². The van der Waals surface area contributed by atoms with Gasteiger partial charge in [0.2, 0.25) is 0 Å². The van der Waals surface area contributed by atoms with E-state index < -0.39 is 0 Å². The Morgan fingerprint density at radius 3 is 2.53 bits per heavy atom. The summed E-state index contributed by atoms with van der Waals surface area (Å²) in [5, 5.41) is 10.8. The molecule has 0 radical (unpaired) electrons. The number of aryl methyl sites for hydroxylation is 3. The maximum Gasteiger partial charge on any atom is 0.107 e. The SMILES string of the molecule is CNCCc1[nH]nc(-c2cc(C)c(C)cc2C)c1Br. The highest BCUT2D eigenvalue weighted by atomic mass is 79.9. The average molecular weight is 322 g/mol. The third kappa shape index (κ3) is 2.90. The lowest BCUT2D eigenvalue weighted by atomic mass is 9.98. The molecule has 0 unspecified atom stereocenters. The first kappa shape index (κ1) is 14.3. The summed E-state index contributed by atoms with van der Waals surface area (Å²) in [4.78, 5) is 0. The lowest BCUT2D eigenvalue weighted by Crippen LogP contribution is -2.10. The van der Waals surface area contributed by atoms with Gasteiger partial charge in [-0.25, -0.2) is 0 Å². The first-order valence-corrected chi connectivity index (χ1v) is 7.29. The van der Waals surface area contributed by atoms with Crippen molar-refractivity contribution in [1.82, 2.24) is 15.5 Å². The highest BCUT2D eigenvalue weighted by Crippen LogP contribution is 2.32. The van der Waals surface area contributed by atoms with Crippen LogP contribution >= 0.6 is 15.9 Å². The molecule has 0 spiro atoms. The van der Waals surface area contributed by atoms with Crippen LogP contribution in [-0.2, 0) is 6.42 Å². The lowest BCUT2D eigenvalue weighted by molar-refractivity contribution is 0.770. The highest BCUT2D eigenvalue weighted by Gasteiger charge is 2.14. The van der Waals surface area contributed by atoms with E-state index in [1.54, 1.807) is 0 Å². The standard InChI is InChI=1S/C15H20BrN3/c1-9-7-11(3)12(8-10(9)2)15-14(16)13(18-19-15)5-6-17-4/h7-8,17H,5-6H2,1-4H3,(H,18,19). The number of aromatic amines is 1. The molecule has 0 atom stereocenters. The van der Waals surface area contributed by atoms with Gasteiger partial charge in [-0.3, -0.25) is 5.10 Å². The number of hydrogen-bond donors (Lipinski definition) is 2. The predicted molar refractivity (Wildman–Crippen MR) is 83.6 cm³/mol. The Balaban J connectivity index is 2.42. The summed E-state index contributed by atoms with van der Waals surface area (Å²) in [5.74, 6) is 0. The number of hydrogen-bond acceptors (Lipinski definition) is 2. The van der Waals surface area contributed by atoms with Gasteiger partial charge >= 0.3 is 0 Å². The smallest absolute Gasteiger partial charge is 0.107 e. The van der Waals surface area contributed by atoms with Gasteiger partial charge in [-0.1, -0.05) is 6.07 Å². The number of nitrogens with zero attached hydrogens (tertiary/aromatic N) is 1. The van der Waals surface area contributed by atoms with Gasteiger partial charge in [0.05, 0.1) is 10.2 Å². The minimum atomic E-state index is 0.937. The monoisotopic (exact) mass is 321 g/mol. The van der Waals surface area contributed by atoms with Crippen molar-refractivity contribution in [2.24, 2.45) is 0 Å². The molecular formula is C15H20BrN3. The van der Waals surface area contributed by atoms with Gasteiger partial charge in [-0.15, -0.1) is 0 Å². The fraction of sp³-hybridized carbons (Fsp3) is 0.400. The largest absolute Gasteiger partial charge is 0.319 e. The molecule has 102 valence electrons. The van der Waals surface area contributed by atoms with Crippen molar-refractivity contribution >= 4 is 15.9 Å². The molecule has 2 aromatic rings. The topological polar surface area (TPSA) is 40.7 Å². The van der Waals surface area contributed by atoms with Gasteiger partial charge in [0.25, 0.3) is 0 Å². The molecule has 0 fully saturated rings. The van der Waals surface area contributed by atoms with Gasteiger partial charge in [-0.2, -0.15) is 5.10 Å². The number of H-pyrrole nitrogens is 1. The normalized spacial score (nSPS) is 11.0. The summed E-state index contributed by atoms with van der Waals surface area (Å²) in [5.41, 5.74) is 7.22. The van der Waals surface area contributed by atoms with Crippen molar-refractivity contribution in [2.45, 2.75) is 27.2 Å². The van der Waals surface area contributed by atoms with Crippen LogP contribution in [0, 0.1) is 20.8 Å². The van der Waals surface area contributed by atoms with Crippen molar-refractivity contribution in [1.29, 1.82) is 0 Å². The molecule has 1 heterocycles. The molecule has 2 rings (SSSR count). The third-order valence-electron chi connectivity index (χ3n) is 3.50. The summed E-state index contributed by atoms with van der Waals surface area (Å²) in [6.45, 7) is 7.35. The Morgan fingerprint density at radius 1 is 1.16 bits per heavy atom. The molecule has 4 heteroatoms. The zero-order valence-corrected chi connectivity index (χ0v) is 13.5. The van der Waals surface area contributed by atoms with E-state index in [4.69, 9.17) is 0 Å². The zero-order chi connectivity index (χ0) is 14.0. The number of nitrogens with one attached hydrogen (secondary N) is 2. The maximum atomic E-state index is 4.47. The maximum absolute atomic E-state index is 4.47. The molecule has 1 aromatic carbocycles. The van der Waals surface area contributed by atoms with E-state index >= 15 is 0 Å². The van der Waals surface area contributed by atoms with E-state index in [0.717, 1.165) is 28.8 Å². The number of benzene rings is 1. The number of rotatable bonds is 4. The van der Waals surface area contributed by atoms with Crippen LogP contribution in [0.1, 0.15) is 22.4 Å². The quantitative estimate of drug-likeness (QED) is 0.904. The van der Waals surface area contributed by atoms with Gasteiger partial charge in [0.15, 0.2) is 0 Å². The highest BCUT2D eigenvalue weighted by molar-refractivity contribution is 9.10. The Kier molecular flexibility index (Phi) is 4.42. The first-order chi connectivity index (χ1) is 9.04. The van der Waals surface area contributed by atoms with Crippen LogP contribution in [0.25, 0.3) is 11.3 Å². The van der Waals surface area contributed by atoms with E-state index in [1.165, 1.54) is 22.3 Å². The van der Waals surface area contributed by atoms with Crippen LogP contribution < -0.4 is 5.32 Å². The molecule has 3 nitrogen and oxygen atoms in total. The molecule has 0 saturated heterocycles. The van der Waals surface area contributed by atoms with Gasteiger partial charge in [0, 0.05) is 18.5 Å². The molecule has 2 N–H and O–H groups in total. The Bertz CT molecular complexity index is 587. The summed E-state index contributed by atoms with van der Waals surface area (Å²) < 4.78 is 1.08. The van der Waals surface area contributed by atoms with Crippen molar-refractivity contribution in [3.05, 3.63) is 39.0 Å². The lowest BCUT2D eigenvalue weighted by Gasteiger charge is -2.08. The van der Waals surface area contributed by atoms with Crippen LogP contribution in [0.2, 0.25) is 0 Å². The number of likely N-dealkylation sites (N-methyl/N-ethyl adjacent to an activating group) is 1. The molecule has 0 aliphatic rings. The van der Waals surface area contributed by atoms with E-state index in [9.17, 15) is 0 Å². The zero-order valence-electron chi connectivity index (χ0n) is 11.9. The second kappa shape index (κ2) is 5.88. The second-order valence-electron chi connectivity index (χ2n) is 4.97. The average Bonchev–Trinajstić information content (AvgIpc) is 2.73. The molecule has 19 heavy (non-hydrogen) atoms. The van der Waals surface area contributed by atoms with E-state index in [2.05, 4.69) is 64.3 Å². The summed E-state index contributed by atoms with van der Waals surface area (Å²) >= 11 is 3.67. The molecular weight excluding hydrogens is 302 g/mol. The molecule has 0 saturated carbocycles. The molecule has 0 bridgehead atoms. The number of halogens is 1. The van der Waals surface area contributed by atoms with Crippen molar-refractivity contribution in [2.75, 3.05) is 13.6 Å². The minimum absolute atomic E-state index is 0.937. The molecule has 0 amide bonds. The first-order valence-electron chi connectivity index (χ1n) is 6.50. The van der Waals surface area contributed by atoms with Crippen LogP contribution in [0.4, 0.5) is 0 Å². The van der Waals surface area contributed by atoms with Crippen molar-refractivity contribution in [3.8, 4) is 11.3 Å². The fourth-order valence-corrected chi connectivity index (χ4v) is 2.76. The molecule has 1 aromatic heterocycles. The minimum Gasteiger partial charge on any atom is -0.319 e. The summed E-state index contributed by atoms with van der Waals surface area (Å²) in [7, 11) is 1.96. The van der Waals surface area contributed by atoms with Gasteiger partial charge in [-0.05, 0) is 66.5 Å². The van der Waals surface area contributed by atoms with Crippen LogP contribution in [0.5, 0.6) is 0 Å². The van der Waals surface area contributed by atoms with Crippen molar-refractivity contribution in [3.63, 3.8) is 0 Å². The third-order valence-corrected chi connectivity index (χ3v) is 4.35. The molecule has 0 aliphatic carbocycles. The Morgan fingerprint density at radius 2 is 1.84 bits per heavy atom. The van der Waals surface area contributed by atoms with E-state index in [0.29, 0.717) is 0 Å². The Labute approximate surface area is 122 Å². The van der Waals surface area contributed by atoms with Crippen LogP contribution in [-0.4, -0.2) is 23.8 Å². The van der Waals surface area contributed by atoms with Crippen LogP contribution in [0.15, 0.2) is 16.6 Å².